The highest BCUT2D eigenvalue weighted by atomic mass is 16.4. The smallest absolute Gasteiger partial charge is 0.318 e. The van der Waals surface area contributed by atoms with Crippen LogP contribution in [0.2, 0.25) is 0 Å². The third kappa shape index (κ3) is 8.38. The fourth-order valence-electron chi connectivity index (χ4n) is 2.27. The molecule has 0 heterocycles. The summed E-state index contributed by atoms with van der Waals surface area (Å²) in [5.74, 6) is -0.469. The first-order valence-electron chi connectivity index (χ1n) is 7.46. The van der Waals surface area contributed by atoms with E-state index < -0.39 is 5.97 Å². The number of rotatable bonds is 8. The molecule has 0 aromatic rings. The van der Waals surface area contributed by atoms with Crippen LogP contribution in [0.25, 0.3) is 0 Å². The maximum Gasteiger partial charge on any atom is 0.318 e. The van der Waals surface area contributed by atoms with E-state index in [2.05, 4.69) is 25.7 Å². The van der Waals surface area contributed by atoms with Crippen molar-refractivity contribution in [2.75, 3.05) is 13.1 Å². The van der Waals surface area contributed by atoms with Gasteiger partial charge in [0.25, 0.3) is 0 Å². The Hall–Kier alpha value is -1.52. The van der Waals surface area contributed by atoms with Crippen molar-refractivity contribution in [3.05, 3.63) is 12.7 Å². The van der Waals surface area contributed by atoms with Crippen LogP contribution in [0.4, 0.5) is 4.79 Å². The van der Waals surface area contributed by atoms with Crippen LogP contribution in [0, 0.1) is 11.8 Å². The molecule has 5 heteroatoms. The van der Waals surface area contributed by atoms with Gasteiger partial charge in [-0.1, -0.05) is 19.9 Å². The van der Waals surface area contributed by atoms with Crippen LogP contribution in [0.1, 0.15) is 47.5 Å². The van der Waals surface area contributed by atoms with Gasteiger partial charge < -0.3 is 15.3 Å². The average Bonchev–Trinajstić information content (AvgIpc) is 2.29. The number of carbonyl (C=O) groups excluding carboxylic acids is 1. The summed E-state index contributed by atoms with van der Waals surface area (Å²) < 4.78 is 0. The Balaban J connectivity index is 4.64. The Morgan fingerprint density at radius 1 is 1.33 bits per heavy atom. The van der Waals surface area contributed by atoms with Gasteiger partial charge in [-0.3, -0.25) is 4.79 Å². The number of hydrogen-bond acceptors (Lipinski definition) is 2. The van der Waals surface area contributed by atoms with E-state index >= 15 is 0 Å². The molecule has 1 unspecified atom stereocenters. The van der Waals surface area contributed by atoms with Gasteiger partial charge in [-0.25, -0.2) is 4.79 Å². The second kappa shape index (κ2) is 8.70. The van der Waals surface area contributed by atoms with E-state index in [1.54, 1.807) is 11.0 Å². The molecular weight excluding hydrogens is 268 g/mol. The molecule has 0 aliphatic rings. The van der Waals surface area contributed by atoms with Crippen molar-refractivity contribution in [1.82, 2.24) is 10.2 Å². The lowest BCUT2D eigenvalue weighted by Crippen LogP contribution is -2.51. The van der Waals surface area contributed by atoms with Gasteiger partial charge in [0.1, 0.15) is 0 Å². The minimum atomic E-state index is -0.825. The molecule has 21 heavy (non-hydrogen) atoms. The fourth-order valence-corrected chi connectivity index (χ4v) is 2.27. The molecule has 2 amide bonds. The second-order valence-corrected chi connectivity index (χ2v) is 6.85. The van der Waals surface area contributed by atoms with Gasteiger partial charge in [-0.15, -0.1) is 6.58 Å². The van der Waals surface area contributed by atoms with E-state index in [9.17, 15) is 9.59 Å². The van der Waals surface area contributed by atoms with E-state index in [0.29, 0.717) is 19.0 Å². The third-order valence-corrected chi connectivity index (χ3v) is 3.18. The van der Waals surface area contributed by atoms with Crippen molar-refractivity contribution in [1.29, 1.82) is 0 Å². The van der Waals surface area contributed by atoms with Crippen molar-refractivity contribution in [3.63, 3.8) is 0 Å². The Labute approximate surface area is 128 Å². The number of amides is 2. The van der Waals surface area contributed by atoms with Crippen molar-refractivity contribution < 1.29 is 14.7 Å². The number of nitrogens with zero attached hydrogens (tertiary/aromatic N) is 1. The summed E-state index contributed by atoms with van der Waals surface area (Å²) >= 11 is 0. The molecule has 0 saturated carbocycles. The molecule has 0 radical (unpaired) electrons. The molecule has 0 saturated heterocycles. The summed E-state index contributed by atoms with van der Waals surface area (Å²) in [6.45, 7) is 14.5. The number of urea groups is 1. The van der Waals surface area contributed by atoms with Crippen molar-refractivity contribution in [2.45, 2.75) is 53.0 Å². The molecular formula is C16H30N2O3. The van der Waals surface area contributed by atoms with Gasteiger partial charge >= 0.3 is 12.0 Å². The number of aliphatic carboxylic acids is 1. The Bertz CT molecular complexity index is 359. The second-order valence-electron chi connectivity index (χ2n) is 6.85. The van der Waals surface area contributed by atoms with Crippen LogP contribution < -0.4 is 5.32 Å². The third-order valence-electron chi connectivity index (χ3n) is 3.18. The van der Waals surface area contributed by atoms with Crippen LogP contribution >= 0.6 is 0 Å². The predicted octanol–water partition coefficient (Wildman–Crippen LogP) is 3.12. The summed E-state index contributed by atoms with van der Waals surface area (Å²) in [5, 5.41) is 11.8. The van der Waals surface area contributed by atoms with E-state index in [1.165, 1.54) is 0 Å². The van der Waals surface area contributed by atoms with Crippen LogP contribution in [-0.2, 0) is 4.79 Å². The normalized spacial score (nSPS) is 12.9. The first-order valence-corrected chi connectivity index (χ1v) is 7.46. The molecule has 0 aromatic heterocycles. The quantitative estimate of drug-likeness (QED) is 0.676. The highest BCUT2D eigenvalue weighted by molar-refractivity contribution is 5.75. The zero-order valence-corrected chi connectivity index (χ0v) is 14.0. The topological polar surface area (TPSA) is 69.6 Å². The fraction of sp³-hybridized carbons (Fsp3) is 0.750. The van der Waals surface area contributed by atoms with Crippen LogP contribution in [-0.4, -0.2) is 40.6 Å². The Kier molecular flexibility index (Phi) is 8.07. The molecule has 5 nitrogen and oxygen atoms in total. The molecule has 2 N–H and O–H groups in total. The summed E-state index contributed by atoms with van der Waals surface area (Å²) in [4.78, 5) is 24.9. The van der Waals surface area contributed by atoms with Crippen LogP contribution in [0.15, 0.2) is 12.7 Å². The maximum atomic E-state index is 12.3. The monoisotopic (exact) mass is 298 g/mol. The number of carboxylic acid groups (broad SMARTS) is 1. The van der Waals surface area contributed by atoms with E-state index in [1.807, 2.05) is 20.8 Å². The molecule has 0 aliphatic heterocycles. The molecule has 0 aliphatic carbocycles. The Morgan fingerprint density at radius 3 is 2.29 bits per heavy atom. The summed E-state index contributed by atoms with van der Waals surface area (Å²) in [5.41, 5.74) is -0.307. The largest absolute Gasteiger partial charge is 0.481 e. The minimum Gasteiger partial charge on any atom is -0.481 e. The lowest BCUT2D eigenvalue weighted by atomic mass is 9.94. The van der Waals surface area contributed by atoms with E-state index in [-0.39, 0.29) is 23.9 Å². The summed E-state index contributed by atoms with van der Waals surface area (Å²) in [6, 6.07) is -0.179. The van der Waals surface area contributed by atoms with Gasteiger partial charge in [0, 0.05) is 25.0 Å². The first kappa shape index (κ1) is 19.5. The molecule has 0 spiro atoms. The van der Waals surface area contributed by atoms with E-state index in [4.69, 9.17) is 5.11 Å². The van der Waals surface area contributed by atoms with Crippen molar-refractivity contribution in [2.24, 2.45) is 11.8 Å². The lowest BCUT2D eigenvalue weighted by molar-refractivity contribution is -0.138. The zero-order valence-electron chi connectivity index (χ0n) is 14.0. The molecule has 122 valence electrons. The van der Waals surface area contributed by atoms with E-state index in [0.717, 1.165) is 6.42 Å². The van der Waals surface area contributed by atoms with Crippen molar-refractivity contribution in [3.8, 4) is 0 Å². The highest BCUT2D eigenvalue weighted by Gasteiger charge is 2.26. The minimum absolute atomic E-state index is 0.0444. The zero-order chi connectivity index (χ0) is 16.6. The van der Waals surface area contributed by atoms with Crippen molar-refractivity contribution >= 4 is 12.0 Å². The predicted molar refractivity (Wildman–Crippen MR) is 85.3 cm³/mol. The number of carboxylic acids is 1. The number of hydrogen-bond donors (Lipinski definition) is 2. The van der Waals surface area contributed by atoms with Gasteiger partial charge in [0.05, 0.1) is 0 Å². The number of carbonyl (C=O) groups is 2. The molecule has 0 fully saturated rings. The molecule has 0 aromatic carbocycles. The van der Waals surface area contributed by atoms with Gasteiger partial charge in [0.15, 0.2) is 0 Å². The SMILES string of the molecule is C=CCN(C(=O)NCC(CC(=O)O)CC(C)C)C(C)(C)C. The lowest BCUT2D eigenvalue weighted by Gasteiger charge is -2.35. The van der Waals surface area contributed by atoms with Gasteiger partial charge in [-0.2, -0.15) is 0 Å². The Morgan fingerprint density at radius 2 is 1.90 bits per heavy atom. The van der Waals surface area contributed by atoms with Gasteiger partial charge in [0.2, 0.25) is 0 Å². The number of nitrogens with one attached hydrogen (secondary N) is 1. The van der Waals surface area contributed by atoms with Gasteiger partial charge in [-0.05, 0) is 39.0 Å². The maximum absolute atomic E-state index is 12.3. The highest BCUT2D eigenvalue weighted by Crippen LogP contribution is 2.16. The average molecular weight is 298 g/mol. The molecule has 0 rings (SSSR count). The standard InChI is InChI=1S/C16H30N2O3/c1-7-8-18(16(4,5)6)15(21)17-11-13(9-12(2)3)10-14(19)20/h7,12-13H,1,8-11H2,2-6H3,(H,17,21)(H,19,20). The van der Waals surface area contributed by atoms with Crippen LogP contribution in [0.3, 0.4) is 0 Å². The first-order chi connectivity index (χ1) is 9.57. The molecule has 0 bridgehead atoms. The summed E-state index contributed by atoms with van der Waals surface area (Å²) in [7, 11) is 0. The molecule has 1 atom stereocenters. The van der Waals surface area contributed by atoms with Crippen LogP contribution in [0.5, 0.6) is 0 Å². The summed E-state index contributed by atoms with van der Waals surface area (Å²) in [6.07, 6.45) is 2.55.